The molecule has 0 aliphatic heterocycles. The molecular weight excluding hydrogens is 268 g/mol. The second kappa shape index (κ2) is 6.78. The van der Waals surface area contributed by atoms with Crippen molar-refractivity contribution in [3.63, 3.8) is 0 Å². The zero-order valence-electron chi connectivity index (χ0n) is 13.0. The van der Waals surface area contributed by atoms with Crippen LogP contribution in [0, 0.1) is 11.8 Å². The number of carbonyl (C=O) groups excluding carboxylic acids is 1. The van der Waals surface area contributed by atoms with E-state index in [1.54, 1.807) is 13.0 Å². The highest BCUT2D eigenvalue weighted by molar-refractivity contribution is 5.95. The summed E-state index contributed by atoms with van der Waals surface area (Å²) in [4.78, 5) is 16.0. The number of nitrogens with zero attached hydrogens (tertiary/aromatic N) is 1. The summed E-state index contributed by atoms with van der Waals surface area (Å²) in [6, 6.07) is 1.58. The van der Waals surface area contributed by atoms with Crippen LogP contribution in [0.2, 0.25) is 0 Å². The van der Waals surface area contributed by atoms with Gasteiger partial charge in [0.2, 0.25) is 5.88 Å². The van der Waals surface area contributed by atoms with Crippen LogP contribution in [-0.4, -0.2) is 23.7 Å². The molecule has 3 atom stereocenters. The van der Waals surface area contributed by atoms with Crippen LogP contribution in [0.25, 0.3) is 0 Å². The zero-order chi connectivity index (χ0) is 15.4. The monoisotopic (exact) mass is 292 g/mol. The van der Waals surface area contributed by atoms with Gasteiger partial charge in [0.15, 0.2) is 0 Å². The summed E-state index contributed by atoms with van der Waals surface area (Å²) in [6.45, 7) is 6.61. The van der Waals surface area contributed by atoms with Crippen LogP contribution < -0.4 is 10.5 Å². The maximum atomic E-state index is 11.8. The summed E-state index contributed by atoms with van der Waals surface area (Å²) in [7, 11) is 0. The molecule has 0 amide bonds. The van der Waals surface area contributed by atoms with E-state index in [1.807, 2.05) is 0 Å². The zero-order valence-corrected chi connectivity index (χ0v) is 13.0. The summed E-state index contributed by atoms with van der Waals surface area (Å²) in [5, 5.41) is 0. The molecule has 3 unspecified atom stereocenters. The fourth-order valence-corrected chi connectivity index (χ4v) is 2.67. The molecule has 1 fully saturated rings. The number of hydrogen-bond donors (Lipinski definition) is 1. The van der Waals surface area contributed by atoms with Gasteiger partial charge < -0.3 is 15.2 Å². The highest BCUT2D eigenvalue weighted by Gasteiger charge is 2.26. The van der Waals surface area contributed by atoms with Gasteiger partial charge in [0.1, 0.15) is 6.10 Å². The molecule has 5 heteroatoms. The first-order chi connectivity index (χ1) is 10.0. The van der Waals surface area contributed by atoms with Gasteiger partial charge in [-0.25, -0.2) is 9.78 Å². The molecule has 1 aromatic rings. The van der Waals surface area contributed by atoms with E-state index in [4.69, 9.17) is 15.2 Å². The smallest absolute Gasteiger partial charge is 0.340 e. The molecule has 0 bridgehead atoms. The number of hydrogen-bond acceptors (Lipinski definition) is 5. The SMILES string of the molecule is CCOC(=O)c1cc(OC2CCC(C)C(C)C2)ncc1N. The van der Waals surface area contributed by atoms with E-state index in [2.05, 4.69) is 18.8 Å². The maximum Gasteiger partial charge on any atom is 0.340 e. The van der Waals surface area contributed by atoms with Crippen molar-refractivity contribution in [2.45, 2.75) is 46.1 Å². The van der Waals surface area contributed by atoms with E-state index in [-0.39, 0.29) is 6.10 Å². The first-order valence-corrected chi connectivity index (χ1v) is 7.60. The van der Waals surface area contributed by atoms with Crippen LogP contribution in [-0.2, 0) is 4.74 Å². The Kier molecular flexibility index (Phi) is 5.04. The van der Waals surface area contributed by atoms with Gasteiger partial charge in [0.05, 0.1) is 24.1 Å². The van der Waals surface area contributed by atoms with Crippen molar-refractivity contribution >= 4 is 11.7 Å². The minimum absolute atomic E-state index is 0.155. The van der Waals surface area contributed by atoms with Crippen LogP contribution in [0.1, 0.15) is 50.4 Å². The number of nitrogen functional groups attached to an aromatic ring is 1. The fourth-order valence-electron chi connectivity index (χ4n) is 2.67. The summed E-state index contributed by atoms with van der Waals surface area (Å²) >= 11 is 0. The van der Waals surface area contributed by atoms with Gasteiger partial charge >= 0.3 is 5.97 Å². The lowest BCUT2D eigenvalue weighted by atomic mass is 9.80. The molecule has 0 spiro atoms. The molecule has 21 heavy (non-hydrogen) atoms. The Morgan fingerprint density at radius 3 is 2.81 bits per heavy atom. The summed E-state index contributed by atoms with van der Waals surface area (Å²) in [6.07, 6.45) is 4.80. The van der Waals surface area contributed by atoms with E-state index < -0.39 is 5.97 Å². The first-order valence-electron chi connectivity index (χ1n) is 7.60. The van der Waals surface area contributed by atoms with E-state index in [0.29, 0.717) is 29.7 Å². The number of ether oxygens (including phenoxy) is 2. The van der Waals surface area contributed by atoms with Crippen molar-refractivity contribution < 1.29 is 14.3 Å². The Balaban J connectivity index is 2.07. The Bertz CT molecular complexity index is 504. The standard InChI is InChI=1S/C16H24N2O3/c1-4-20-16(19)13-8-15(18-9-14(13)17)21-12-6-5-10(2)11(3)7-12/h8-12H,4-7,17H2,1-3H3. The van der Waals surface area contributed by atoms with Crippen LogP contribution in [0.15, 0.2) is 12.3 Å². The maximum absolute atomic E-state index is 11.8. The minimum Gasteiger partial charge on any atom is -0.474 e. The topological polar surface area (TPSA) is 74.4 Å². The lowest BCUT2D eigenvalue weighted by Gasteiger charge is -2.31. The number of esters is 1. The van der Waals surface area contributed by atoms with Gasteiger partial charge in [-0.2, -0.15) is 0 Å². The molecule has 1 aromatic heterocycles. The van der Waals surface area contributed by atoms with Crippen molar-refractivity contribution in [1.29, 1.82) is 0 Å². The highest BCUT2D eigenvalue weighted by Crippen LogP contribution is 2.31. The number of pyridine rings is 1. The average Bonchev–Trinajstić information content (AvgIpc) is 2.45. The Morgan fingerprint density at radius 2 is 2.14 bits per heavy atom. The molecule has 1 saturated carbocycles. The number of carbonyl (C=O) groups is 1. The van der Waals surface area contributed by atoms with Gasteiger partial charge in [0.25, 0.3) is 0 Å². The number of anilines is 1. The predicted molar refractivity (Wildman–Crippen MR) is 81.2 cm³/mol. The van der Waals surface area contributed by atoms with Crippen LogP contribution >= 0.6 is 0 Å². The van der Waals surface area contributed by atoms with E-state index in [1.165, 1.54) is 6.20 Å². The molecule has 116 valence electrons. The van der Waals surface area contributed by atoms with Crippen molar-refractivity contribution in [1.82, 2.24) is 4.98 Å². The van der Waals surface area contributed by atoms with Crippen LogP contribution in [0.3, 0.4) is 0 Å². The Morgan fingerprint density at radius 1 is 1.38 bits per heavy atom. The van der Waals surface area contributed by atoms with Crippen LogP contribution in [0.5, 0.6) is 5.88 Å². The normalized spacial score (nSPS) is 25.4. The third-order valence-corrected chi connectivity index (χ3v) is 4.24. The number of nitrogens with two attached hydrogens (primary N) is 1. The quantitative estimate of drug-likeness (QED) is 0.863. The van der Waals surface area contributed by atoms with Crippen LogP contribution in [0.4, 0.5) is 5.69 Å². The number of rotatable bonds is 4. The molecule has 0 radical (unpaired) electrons. The molecule has 5 nitrogen and oxygen atoms in total. The second-order valence-corrected chi connectivity index (χ2v) is 5.84. The Hall–Kier alpha value is -1.78. The lowest BCUT2D eigenvalue weighted by molar-refractivity contribution is 0.0525. The molecule has 1 aliphatic rings. The molecule has 2 N–H and O–H groups in total. The first kappa shape index (κ1) is 15.6. The van der Waals surface area contributed by atoms with Crippen molar-refractivity contribution in [2.75, 3.05) is 12.3 Å². The molecule has 1 heterocycles. The Labute approximate surface area is 125 Å². The highest BCUT2D eigenvalue weighted by atomic mass is 16.5. The lowest BCUT2D eigenvalue weighted by Crippen LogP contribution is -2.29. The van der Waals surface area contributed by atoms with Crippen molar-refractivity contribution in [3.8, 4) is 5.88 Å². The van der Waals surface area contributed by atoms with Crippen molar-refractivity contribution in [2.24, 2.45) is 11.8 Å². The molecule has 2 rings (SSSR count). The summed E-state index contributed by atoms with van der Waals surface area (Å²) < 4.78 is 10.9. The minimum atomic E-state index is -0.437. The van der Waals surface area contributed by atoms with E-state index in [9.17, 15) is 4.79 Å². The van der Waals surface area contributed by atoms with Gasteiger partial charge in [-0.05, 0) is 38.0 Å². The van der Waals surface area contributed by atoms with Gasteiger partial charge in [-0.15, -0.1) is 0 Å². The summed E-state index contributed by atoms with van der Waals surface area (Å²) in [5.41, 5.74) is 6.41. The molecule has 0 saturated heterocycles. The second-order valence-electron chi connectivity index (χ2n) is 5.84. The largest absolute Gasteiger partial charge is 0.474 e. The number of aromatic nitrogens is 1. The molecule has 1 aliphatic carbocycles. The third-order valence-electron chi connectivity index (χ3n) is 4.24. The average molecular weight is 292 g/mol. The fraction of sp³-hybridized carbons (Fsp3) is 0.625. The van der Waals surface area contributed by atoms with Gasteiger partial charge in [-0.1, -0.05) is 13.8 Å². The van der Waals surface area contributed by atoms with E-state index in [0.717, 1.165) is 25.2 Å². The molecular formula is C16H24N2O3. The molecule has 0 aromatic carbocycles. The van der Waals surface area contributed by atoms with Gasteiger partial charge in [-0.3, -0.25) is 0 Å². The summed E-state index contributed by atoms with van der Waals surface area (Å²) in [5.74, 6) is 1.38. The van der Waals surface area contributed by atoms with Crippen molar-refractivity contribution in [3.05, 3.63) is 17.8 Å². The third kappa shape index (κ3) is 3.86. The predicted octanol–water partition coefficient (Wildman–Crippen LogP) is 3.04. The van der Waals surface area contributed by atoms with E-state index >= 15 is 0 Å². The van der Waals surface area contributed by atoms with Gasteiger partial charge in [0, 0.05) is 6.07 Å².